The summed E-state index contributed by atoms with van der Waals surface area (Å²) in [5.41, 5.74) is 8.35. The molecule has 0 unspecified atom stereocenters. The summed E-state index contributed by atoms with van der Waals surface area (Å²) in [6.45, 7) is 2.55. The van der Waals surface area contributed by atoms with Crippen molar-refractivity contribution in [2.24, 2.45) is 0 Å². The second-order valence-electron chi connectivity index (χ2n) is 3.83. The van der Waals surface area contributed by atoms with E-state index in [9.17, 15) is 0 Å². The van der Waals surface area contributed by atoms with E-state index >= 15 is 0 Å². The number of benzene rings is 1. The Morgan fingerprint density at radius 3 is 2.94 bits per heavy atom. The largest absolute Gasteiger partial charge is 0.399 e. The van der Waals surface area contributed by atoms with E-state index in [1.165, 1.54) is 0 Å². The van der Waals surface area contributed by atoms with Gasteiger partial charge in [0.05, 0.1) is 6.61 Å². The number of hydrogen-bond donors (Lipinski definition) is 1. The van der Waals surface area contributed by atoms with Gasteiger partial charge in [-0.25, -0.2) is 0 Å². The molecule has 0 bridgehead atoms. The third-order valence-corrected chi connectivity index (χ3v) is 2.48. The molecule has 5 nitrogen and oxygen atoms in total. The predicted molar refractivity (Wildman–Crippen MR) is 64.5 cm³/mol. The molecule has 90 valence electrons. The van der Waals surface area contributed by atoms with Crippen molar-refractivity contribution in [2.45, 2.75) is 13.3 Å². The Morgan fingerprint density at radius 2 is 2.24 bits per heavy atom. The maximum atomic E-state index is 5.69. The van der Waals surface area contributed by atoms with Crippen molar-refractivity contribution in [1.29, 1.82) is 0 Å². The number of ether oxygens (including phenoxy) is 1. The SMILES string of the molecule is COCCc1noc(-c2ccc(N)cc2C)n1. The molecular formula is C12H15N3O2. The first-order valence-electron chi connectivity index (χ1n) is 5.38. The van der Waals surface area contributed by atoms with Crippen molar-refractivity contribution in [3.05, 3.63) is 29.6 Å². The molecule has 1 heterocycles. The number of nitrogens with two attached hydrogens (primary N) is 1. The number of anilines is 1. The zero-order valence-electron chi connectivity index (χ0n) is 9.93. The number of rotatable bonds is 4. The fraction of sp³-hybridized carbons (Fsp3) is 0.333. The third-order valence-electron chi connectivity index (χ3n) is 2.48. The molecule has 0 fully saturated rings. The molecule has 0 saturated carbocycles. The lowest BCUT2D eigenvalue weighted by molar-refractivity contribution is 0.199. The summed E-state index contributed by atoms with van der Waals surface area (Å²) in [5, 5.41) is 3.90. The number of methoxy groups -OCH3 is 1. The summed E-state index contributed by atoms with van der Waals surface area (Å²) in [6, 6.07) is 5.59. The number of hydrogen-bond acceptors (Lipinski definition) is 5. The van der Waals surface area contributed by atoms with E-state index in [2.05, 4.69) is 10.1 Å². The van der Waals surface area contributed by atoms with Crippen LogP contribution in [0.2, 0.25) is 0 Å². The highest BCUT2D eigenvalue weighted by molar-refractivity contribution is 5.62. The van der Waals surface area contributed by atoms with Gasteiger partial charge in [0.25, 0.3) is 5.89 Å². The lowest BCUT2D eigenvalue weighted by Crippen LogP contribution is -1.96. The van der Waals surface area contributed by atoms with E-state index in [0.717, 1.165) is 16.8 Å². The van der Waals surface area contributed by atoms with E-state index in [1.807, 2.05) is 25.1 Å². The van der Waals surface area contributed by atoms with E-state index in [0.29, 0.717) is 24.7 Å². The van der Waals surface area contributed by atoms with Crippen LogP contribution in [0, 0.1) is 6.92 Å². The molecule has 1 aromatic carbocycles. The monoisotopic (exact) mass is 233 g/mol. The molecular weight excluding hydrogens is 218 g/mol. The Labute approximate surface area is 99.6 Å². The fourth-order valence-corrected chi connectivity index (χ4v) is 1.59. The first kappa shape index (κ1) is 11.6. The summed E-state index contributed by atoms with van der Waals surface area (Å²) >= 11 is 0. The van der Waals surface area contributed by atoms with Gasteiger partial charge in [0.1, 0.15) is 0 Å². The average molecular weight is 233 g/mol. The lowest BCUT2D eigenvalue weighted by Gasteiger charge is -2.01. The van der Waals surface area contributed by atoms with Gasteiger partial charge in [0.15, 0.2) is 5.82 Å². The topological polar surface area (TPSA) is 74.2 Å². The molecule has 1 aromatic heterocycles. The second kappa shape index (κ2) is 4.97. The molecule has 5 heteroatoms. The molecule has 0 spiro atoms. The van der Waals surface area contributed by atoms with Gasteiger partial charge < -0.3 is 15.0 Å². The number of aromatic nitrogens is 2. The Kier molecular flexibility index (Phi) is 3.39. The molecule has 0 saturated heterocycles. The van der Waals surface area contributed by atoms with E-state index < -0.39 is 0 Å². The molecule has 0 atom stereocenters. The van der Waals surface area contributed by atoms with Crippen LogP contribution in [-0.2, 0) is 11.2 Å². The minimum absolute atomic E-state index is 0.522. The van der Waals surface area contributed by atoms with Crippen LogP contribution in [0.25, 0.3) is 11.5 Å². The maximum absolute atomic E-state index is 5.69. The van der Waals surface area contributed by atoms with Crippen LogP contribution in [0.15, 0.2) is 22.7 Å². The highest BCUT2D eigenvalue weighted by Crippen LogP contribution is 2.23. The predicted octanol–water partition coefficient (Wildman–Crippen LogP) is 1.82. The molecule has 0 radical (unpaired) electrons. The zero-order valence-corrected chi connectivity index (χ0v) is 9.93. The van der Waals surface area contributed by atoms with Crippen LogP contribution in [0.4, 0.5) is 5.69 Å². The van der Waals surface area contributed by atoms with Crippen LogP contribution < -0.4 is 5.73 Å². The van der Waals surface area contributed by atoms with Gasteiger partial charge in [0, 0.05) is 24.8 Å². The van der Waals surface area contributed by atoms with Crippen LogP contribution in [0.3, 0.4) is 0 Å². The van der Waals surface area contributed by atoms with Gasteiger partial charge in [-0.3, -0.25) is 0 Å². The zero-order chi connectivity index (χ0) is 12.3. The maximum Gasteiger partial charge on any atom is 0.258 e. The molecule has 0 aliphatic carbocycles. The van der Waals surface area contributed by atoms with Crippen molar-refractivity contribution in [3.8, 4) is 11.5 Å². The summed E-state index contributed by atoms with van der Waals surface area (Å²) < 4.78 is 10.2. The van der Waals surface area contributed by atoms with Crippen molar-refractivity contribution in [1.82, 2.24) is 10.1 Å². The Bertz CT molecular complexity index is 508. The molecule has 2 aromatic rings. The lowest BCUT2D eigenvalue weighted by atomic mass is 10.1. The van der Waals surface area contributed by atoms with Gasteiger partial charge in [0.2, 0.25) is 0 Å². The molecule has 17 heavy (non-hydrogen) atoms. The van der Waals surface area contributed by atoms with Crippen LogP contribution >= 0.6 is 0 Å². The third kappa shape index (κ3) is 2.62. The first-order chi connectivity index (χ1) is 8.20. The first-order valence-corrected chi connectivity index (χ1v) is 5.38. The highest BCUT2D eigenvalue weighted by Gasteiger charge is 2.10. The summed E-state index contributed by atoms with van der Waals surface area (Å²) in [7, 11) is 1.64. The molecule has 2 rings (SSSR count). The van der Waals surface area contributed by atoms with Gasteiger partial charge in [-0.2, -0.15) is 4.98 Å². The van der Waals surface area contributed by atoms with Crippen molar-refractivity contribution in [3.63, 3.8) is 0 Å². The summed E-state index contributed by atoms with van der Waals surface area (Å²) in [6.07, 6.45) is 0.647. The van der Waals surface area contributed by atoms with E-state index in [-0.39, 0.29) is 0 Å². The van der Waals surface area contributed by atoms with Gasteiger partial charge in [-0.1, -0.05) is 5.16 Å². The smallest absolute Gasteiger partial charge is 0.258 e. The van der Waals surface area contributed by atoms with Crippen molar-refractivity contribution < 1.29 is 9.26 Å². The Morgan fingerprint density at radius 1 is 1.41 bits per heavy atom. The quantitative estimate of drug-likeness (QED) is 0.815. The highest BCUT2D eigenvalue weighted by atomic mass is 16.5. The normalized spacial score (nSPS) is 10.7. The molecule has 0 aliphatic rings. The number of aryl methyl sites for hydroxylation is 1. The standard InChI is InChI=1S/C12H15N3O2/c1-8-7-9(13)3-4-10(8)12-14-11(15-17-12)5-6-16-2/h3-4,7H,5-6,13H2,1-2H3. The molecule has 2 N–H and O–H groups in total. The fourth-order valence-electron chi connectivity index (χ4n) is 1.59. The average Bonchev–Trinajstić information content (AvgIpc) is 2.75. The van der Waals surface area contributed by atoms with Crippen LogP contribution in [-0.4, -0.2) is 23.9 Å². The molecule has 0 aliphatic heterocycles. The minimum Gasteiger partial charge on any atom is -0.399 e. The Balaban J connectivity index is 2.24. The van der Waals surface area contributed by atoms with Crippen molar-refractivity contribution >= 4 is 5.69 Å². The van der Waals surface area contributed by atoms with Crippen LogP contribution in [0.1, 0.15) is 11.4 Å². The summed E-state index contributed by atoms with van der Waals surface area (Å²) in [4.78, 5) is 4.31. The van der Waals surface area contributed by atoms with Gasteiger partial charge >= 0.3 is 0 Å². The van der Waals surface area contributed by atoms with E-state index in [1.54, 1.807) is 7.11 Å². The number of nitrogen functional groups attached to an aromatic ring is 1. The van der Waals surface area contributed by atoms with E-state index in [4.69, 9.17) is 15.0 Å². The van der Waals surface area contributed by atoms with Gasteiger partial charge in [-0.15, -0.1) is 0 Å². The molecule has 0 amide bonds. The number of nitrogens with zero attached hydrogens (tertiary/aromatic N) is 2. The summed E-state index contributed by atoms with van der Waals surface area (Å²) in [5.74, 6) is 1.17. The van der Waals surface area contributed by atoms with Crippen molar-refractivity contribution in [2.75, 3.05) is 19.5 Å². The Hall–Kier alpha value is -1.88. The van der Waals surface area contributed by atoms with Gasteiger partial charge in [-0.05, 0) is 30.7 Å². The minimum atomic E-state index is 0.522. The van der Waals surface area contributed by atoms with Crippen LogP contribution in [0.5, 0.6) is 0 Å². The second-order valence-corrected chi connectivity index (χ2v) is 3.83.